The van der Waals surface area contributed by atoms with Crippen LogP contribution >= 0.6 is 31.9 Å². The molecular weight excluding hydrogens is 398 g/mol. The molecule has 0 radical (unpaired) electrons. The molecule has 1 N–H and O–H groups in total. The second-order valence-electron chi connectivity index (χ2n) is 4.30. The number of rotatable bonds is 4. The quantitative estimate of drug-likeness (QED) is 0.713. The van der Waals surface area contributed by atoms with E-state index in [-0.39, 0.29) is 0 Å². The van der Waals surface area contributed by atoms with Crippen molar-refractivity contribution in [2.75, 3.05) is 5.32 Å². The summed E-state index contributed by atoms with van der Waals surface area (Å²) in [5, 5.41) is 11.5. The van der Waals surface area contributed by atoms with Crippen LogP contribution in [0.25, 0.3) is 5.69 Å². The van der Waals surface area contributed by atoms with Crippen LogP contribution in [0.15, 0.2) is 57.9 Å². The molecule has 2 aromatic heterocycles. The molecule has 0 fully saturated rings. The van der Waals surface area contributed by atoms with Crippen molar-refractivity contribution in [2.45, 2.75) is 6.54 Å². The van der Waals surface area contributed by atoms with Crippen molar-refractivity contribution in [3.05, 3.63) is 63.6 Å². The van der Waals surface area contributed by atoms with E-state index in [1.54, 1.807) is 23.4 Å². The van der Waals surface area contributed by atoms with Crippen molar-refractivity contribution in [3.8, 4) is 5.69 Å². The Morgan fingerprint density at radius 3 is 2.43 bits per heavy atom. The van der Waals surface area contributed by atoms with E-state index in [2.05, 4.69) is 52.4 Å². The van der Waals surface area contributed by atoms with Gasteiger partial charge < -0.3 is 5.32 Å². The van der Waals surface area contributed by atoms with Crippen LogP contribution in [-0.2, 0) is 6.54 Å². The molecule has 0 spiro atoms. The topological polar surface area (TPSA) is 55.6 Å². The Balaban J connectivity index is 1.68. The third-order valence-electron chi connectivity index (χ3n) is 2.86. The van der Waals surface area contributed by atoms with Crippen molar-refractivity contribution in [3.63, 3.8) is 0 Å². The number of anilines is 1. The molecule has 0 aliphatic heterocycles. The molecule has 0 saturated heterocycles. The van der Waals surface area contributed by atoms with Gasteiger partial charge in [0.2, 0.25) is 0 Å². The van der Waals surface area contributed by atoms with Gasteiger partial charge in [0, 0.05) is 20.8 Å². The lowest BCUT2D eigenvalue weighted by atomic mass is 10.2. The zero-order valence-corrected chi connectivity index (χ0v) is 14.0. The largest absolute Gasteiger partial charge is 0.379 e. The maximum atomic E-state index is 4.37. The van der Waals surface area contributed by atoms with Crippen molar-refractivity contribution in [1.29, 1.82) is 0 Å². The molecule has 0 aliphatic carbocycles. The van der Waals surface area contributed by atoms with Crippen LogP contribution in [0.3, 0.4) is 0 Å². The van der Waals surface area contributed by atoms with E-state index >= 15 is 0 Å². The Morgan fingerprint density at radius 1 is 1.05 bits per heavy atom. The lowest BCUT2D eigenvalue weighted by molar-refractivity contribution is 0.752. The smallest absolute Gasteiger partial charge is 0.0858 e. The number of nitrogens with one attached hydrogen (secondary N) is 1. The Bertz CT molecular complexity index is 726. The number of pyridine rings is 1. The first-order chi connectivity index (χ1) is 10.2. The van der Waals surface area contributed by atoms with E-state index < -0.39 is 0 Å². The van der Waals surface area contributed by atoms with Crippen LogP contribution in [0.1, 0.15) is 5.69 Å². The molecule has 0 unspecified atom stereocenters. The Kier molecular flexibility index (Phi) is 4.31. The monoisotopic (exact) mass is 407 g/mol. The molecule has 1 aromatic carbocycles. The van der Waals surface area contributed by atoms with Gasteiger partial charge >= 0.3 is 0 Å². The minimum absolute atomic E-state index is 0.646. The van der Waals surface area contributed by atoms with Crippen LogP contribution in [-0.4, -0.2) is 20.0 Å². The van der Waals surface area contributed by atoms with E-state index in [1.165, 1.54) is 0 Å². The van der Waals surface area contributed by atoms with Crippen molar-refractivity contribution in [2.24, 2.45) is 0 Å². The molecule has 106 valence electrons. The van der Waals surface area contributed by atoms with Crippen molar-refractivity contribution in [1.82, 2.24) is 20.0 Å². The fourth-order valence-corrected chi connectivity index (χ4v) is 2.95. The molecule has 2 heterocycles. The standard InChI is InChI=1S/C14H11Br2N5/c15-10-7-13(16)14(18-8-10)9-17-11-1-3-12(4-2-11)21-19-5-6-20-21/h1-8,17H,9H2. The Hall–Kier alpha value is -1.73. The van der Waals surface area contributed by atoms with Gasteiger partial charge in [-0.2, -0.15) is 15.0 Å². The van der Waals surface area contributed by atoms with Gasteiger partial charge in [0.1, 0.15) is 0 Å². The summed E-state index contributed by atoms with van der Waals surface area (Å²) in [5.41, 5.74) is 2.90. The van der Waals surface area contributed by atoms with Gasteiger partial charge in [0.15, 0.2) is 0 Å². The third-order valence-corrected chi connectivity index (χ3v) is 3.98. The average molecular weight is 409 g/mol. The van der Waals surface area contributed by atoms with Crippen LogP contribution in [0.2, 0.25) is 0 Å². The Morgan fingerprint density at radius 2 is 1.76 bits per heavy atom. The lowest BCUT2D eigenvalue weighted by Crippen LogP contribution is -2.03. The lowest BCUT2D eigenvalue weighted by Gasteiger charge is -2.08. The summed E-state index contributed by atoms with van der Waals surface area (Å²) >= 11 is 6.90. The van der Waals surface area contributed by atoms with Crippen LogP contribution in [0.4, 0.5) is 5.69 Å². The number of nitrogens with zero attached hydrogens (tertiary/aromatic N) is 4. The highest BCUT2D eigenvalue weighted by atomic mass is 79.9. The zero-order valence-electron chi connectivity index (χ0n) is 10.9. The first-order valence-electron chi connectivity index (χ1n) is 6.23. The van der Waals surface area contributed by atoms with Crippen LogP contribution in [0, 0.1) is 0 Å². The van der Waals surface area contributed by atoms with Gasteiger partial charge in [0.05, 0.1) is 30.3 Å². The van der Waals surface area contributed by atoms with Crippen LogP contribution in [0.5, 0.6) is 0 Å². The predicted octanol–water partition coefficient (Wildman–Crippen LogP) is 3.80. The summed E-state index contributed by atoms with van der Waals surface area (Å²) < 4.78 is 1.93. The third kappa shape index (κ3) is 3.48. The number of halogens is 2. The summed E-state index contributed by atoms with van der Waals surface area (Å²) in [6.45, 7) is 0.646. The van der Waals surface area contributed by atoms with Crippen LogP contribution < -0.4 is 5.32 Å². The van der Waals surface area contributed by atoms with E-state index in [0.717, 1.165) is 26.0 Å². The molecule has 7 heteroatoms. The van der Waals surface area contributed by atoms with E-state index in [9.17, 15) is 0 Å². The maximum absolute atomic E-state index is 4.37. The molecule has 0 amide bonds. The summed E-state index contributed by atoms with van der Waals surface area (Å²) in [4.78, 5) is 5.95. The van der Waals surface area contributed by atoms with Gasteiger partial charge in [-0.3, -0.25) is 4.98 Å². The highest BCUT2D eigenvalue weighted by Gasteiger charge is 2.03. The van der Waals surface area contributed by atoms with Gasteiger partial charge in [-0.05, 0) is 62.2 Å². The van der Waals surface area contributed by atoms with Gasteiger partial charge in [-0.25, -0.2) is 0 Å². The maximum Gasteiger partial charge on any atom is 0.0858 e. The normalized spacial score (nSPS) is 10.6. The second kappa shape index (κ2) is 6.36. The first-order valence-corrected chi connectivity index (χ1v) is 7.81. The van der Waals surface area contributed by atoms with Gasteiger partial charge in [0.25, 0.3) is 0 Å². The SMILES string of the molecule is Brc1cnc(CNc2ccc(-n3nccn3)cc2)c(Br)c1. The first kappa shape index (κ1) is 14.2. The number of hydrogen-bond donors (Lipinski definition) is 1. The molecule has 0 atom stereocenters. The number of benzene rings is 1. The molecule has 3 rings (SSSR count). The summed E-state index contributed by atoms with van der Waals surface area (Å²) in [7, 11) is 0. The summed E-state index contributed by atoms with van der Waals surface area (Å²) in [6, 6.07) is 9.90. The minimum atomic E-state index is 0.646. The highest BCUT2D eigenvalue weighted by Crippen LogP contribution is 2.20. The molecule has 5 nitrogen and oxygen atoms in total. The van der Waals surface area contributed by atoms with Gasteiger partial charge in [-0.1, -0.05) is 0 Å². The average Bonchev–Trinajstić information content (AvgIpc) is 3.01. The molecule has 21 heavy (non-hydrogen) atoms. The summed E-state index contributed by atoms with van der Waals surface area (Å²) in [6.07, 6.45) is 5.10. The fraction of sp³-hybridized carbons (Fsp3) is 0.0714. The van der Waals surface area contributed by atoms with Crippen molar-refractivity contribution < 1.29 is 0 Å². The van der Waals surface area contributed by atoms with Crippen molar-refractivity contribution >= 4 is 37.5 Å². The fourth-order valence-electron chi connectivity index (χ4n) is 1.82. The molecular formula is C14H11Br2N5. The zero-order chi connectivity index (χ0) is 14.7. The Labute approximate surface area is 138 Å². The predicted molar refractivity (Wildman–Crippen MR) is 88.3 cm³/mol. The molecule has 3 aromatic rings. The highest BCUT2D eigenvalue weighted by molar-refractivity contribution is 9.11. The summed E-state index contributed by atoms with van der Waals surface area (Å²) in [5.74, 6) is 0. The van der Waals surface area contributed by atoms with E-state index in [0.29, 0.717) is 6.54 Å². The van der Waals surface area contributed by atoms with E-state index in [4.69, 9.17) is 0 Å². The van der Waals surface area contributed by atoms with E-state index in [1.807, 2.05) is 30.3 Å². The molecule has 0 bridgehead atoms. The molecule has 0 aliphatic rings. The number of aromatic nitrogens is 4. The number of hydrogen-bond acceptors (Lipinski definition) is 4. The molecule has 0 saturated carbocycles. The second-order valence-corrected chi connectivity index (χ2v) is 6.07. The van der Waals surface area contributed by atoms with Gasteiger partial charge in [-0.15, -0.1) is 0 Å². The minimum Gasteiger partial charge on any atom is -0.379 e.